The van der Waals surface area contributed by atoms with Crippen LogP contribution >= 0.6 is 0 Å². The Morgan fingerprint density at radius 1 is 0.773 bits per heavy atom. The van der Waals surface area contributed by atoms with Crippen LogP contribution in [0.1, 0.15) is 5.56 Å². The molecular weight excluding hydrogens is 272 g/mol. The first-order valence-corrected chi connectivity index (χ1v) is 7.03. The summed E-state index contributed by atoms with van der Waals surface area (Å²) in [5.74, 6) is 0. The Morgan fingerprint density at radius 2 is 1.50 bits per heavy atom. The highest BCUT2D eigenvalue weighted by atomic mass is 16.3. The van der Waals surface area contributed by atoms with E-state index in [-0.39, 0.29) is 0 Å². The molecule has 3 aromatic carbocycles. The number of rotatable bonds is 2. The van der Waals surface area contributed by atoms with Crippen LogP contribution in [0.5, 0.6) is 0 Å². The fourth-order valence-electron chi connectivity index (χ4n) is 2.68. The van der Waals surface area contributed by atoms with Gasteiger partial charge in [0.25, 0.3) is 0 Å². The molecule has 0 bridgehead atoms. The summed E-state index contributed by atoms with van der Waals surface area (Å²) in [5, 5.41) is 14.6. The molecule has 4 aromatic rings. The maximum atomic E-state index is 9.24. The van der Waals surface area contributed by atoms with Crippen molar-refractivity contribution in [3.05, 3.63) is 72.3 Å². The van der Waals surface area contributed by atoms with E-state index in [9.17, 15) is 5.26 Å². The topological polar surface area (TPSA) is 49.0 Å². The molecule has 1 heterocycles. The van der Waals surface area contributed by atoms with Gasteiger partial charge in [-0.1, -0.05) is 42.5 Å². The van der Waals surface area contributed by atoms with Gasteiger partial charge in [-0.25, -0.2) is 0 Å². The minimum absolute atomic E-state index is 0.555. The SMILES string of the molecule is N#Cc1cccc2c1oc1c(Nc3ccccc3)cccc12. The summed E-state index contributed by atoms with van der Waals surface area (Å²) in [6.45, 7) is 0. The van der Waals surface area contributed by atoms with E-state index in [1.165, 1.54) is 0 Å². The van der Waals surface area contributed by atoms with E-state index in [0.29, 0.717) is 11.1 Å². The molecule has 0 amide bonds. The Balaban J connectivity index is 1.95. The highest BCUT2D eigenvalue weighted by Crippen LogP contribution is 2.35. The summed E-state index contributed by atoms with van der Waals surface area (Å²) in [4.78, 5) is 0. The number of nitrogens with zero attached hydrogens (tertiary/aromatic N) is 1. The maximum absolute atomic E-state index is 9.24. The summed E-state index contributed by atoms with van der Waals surface area (Å²) in [5.41, 5.74) is 3.85. The van der Waals surface area contributed by atoms with Gasteiger partial charge >= 0.3 is 0 Å². The van der Waals surface area contributed by atoms with Crippen LogP contribution in [0.25, 0.3) is 21.9 Å². The molecule has 0 atom stereocenters. The number of benzene rings is 3. The Morgan fingerprint density at radius 3 is 2.27 bits per heavy atom. The van der Waals surface area contributed by atoms with Crippen LogP contribution < -0.4 is 5.32 Å². The zero-order chi connectivity index (χ0) is 14.9. The van der Waals surface area contributed by atoms with E-state index in [1.54, 1.807) is 6.07 Å². The van der Waals surface area contributed by atoms with Crippen LogP contribution in [-0.4, -0.2) is 0 Å². The van der Waals surface area contributed by atoms with Gasteiger partial charge in [0.2, 0.25) is 0 Å². The van der Waals surface area contributed by atoms with Gasteiger partial charge in [-0.15, -0.1) is 0 Å². The molecule has 0 spiro atoms. The molecule has 0 aliphatic rings. The minimum Gasteiger partial charge on any atom is -0.452 e. The van der Waals surface area contributed by atoms with E-state index in [4.69, 9.17) is 4.42 Å². The summed E-state index contributed by atoms with van der Waals surface area (Å²) in [6.07, 6.45) is 0. The molecule has 0 aliphatic carbocycles. The van der Waals surface area contributed by atoms with Gasteiger partial charge in [-0.05, 0) is 24.3 Å². The van der Waals surface area contributed by atoms with Crippen molar-refractivity contribution in [1.29, 1.82) is 5.26 Å². The lowest BCUT2D eigenvalue weighted by Gasteiger charge is -2.06. The molecule has 0 unspecified atom stereocenters. The monoisotopic (exact) mass is 284 g/mol. The number of furan rings is 1. The van der Waals surface area contributed by atoms with E-state index in [0.717, 1.165) is 27.7 Å². The van der Waals surface area contributed by atoms with Crippen LogP contribution in [0.4, 0.5) is 11.4 Å². The molecule has 3 nitrogen and oxygen atoms in total. The summed E-state index contributed by atoms with van der Waals surface area (Å²) in [7, 11) is 0. The van der Waals surface area contributed by atoms with Crippen molar-refractivity contribution in [2.45, 2.75) is 0 Å². The third-order valence-corrected chi connectivity index (χ3v) is 3.70. The first-order valence-electron chi connectivity index (χ1n) is 7.03. The number of nitriles is 1. The first-order chi connectivity index (χ1) is 10.9. The second-order valence-electron chi connectivity index (χ2n) is 5.07. The lowest BCUT2D eigenvalue weighted by Crippen LogP contribution is -1.89. The Kier molecular flexibility index (Phi) is 2.80. The van der Waals surface area contributed by atoms with E-state index >= 15 is 0 Å². The summed E-state index contributed by atoms with van der Waals surface area (Å²) in [6, 6.07) is 23.7. The van der Waals surface area contributed by atoms with Crippen molar-refractivity contribution in [3.63, 3.8) is 0 Å². The highest BCUT2D eigenvalue weighted by Gasteiger charge is 2.13. The van der Waals surface area contributed by atoms with Crippen molar-refractivity contribution in [2.75, 3.05) is 5.32 Å². The van der Waals surface area contributed by atoms with Gasteiger partial charge < -0.3 is 9.73 Å². The molecule has 1 aromatic heterocycles. The number of hydrogen-bond acceptors (Lipinski definition) is 3. The number of hydrogen-bond donors (Lipinski definition) is 1. The third kappa shape index (κ3) is 1.90. The van der Waals surface area contributed by atoms with Crippen LogP contribution in [0.2, 0.25) is 0 Å². The zero-order valence-electron chi connectivity index (χ0n) is 11.7. The second kappa shape index (κ2) is 4.94. The van der Waals surface area contributed by atoms with Crippen LogP contribution in [0.3, 0.4) is 0 Å². The van der Waals surface area contributed by atoms with Crippen molar-refractivity contribution < 1.29 is 4.42 Å². The number of para-hydroxylation sites is 3. The van der Waals surface area contributed by atoms with Gasteiger partial charge in [-0.3, -0.25) is 0 Å². The van der Waals surface area contributed by atoms with E-state index < -0.39 is 0 Å². The summed E-state index contributed by atoms with van der Waals surface area (Å²) >= 11 is 0. The molecule has 0 saturated carbocycles. The lowest BCUT2D eigenvalue weighted by molar-refractivity contribution is 0.669. The molecule has 0 fully saturated rings. The number of fused-ring (bicyclic) bond motifs is 3. The minimum atomic E-state index is 0.555. The molecule has 22 heavy (non-hydrogen) atoms. The zero-order valence-corrected chi connectivity index (χ0v) is 11.7. The maximum Gasteiger partial charge on any atom is 0.158 e. The highest BCUT2D eigenvalue weighted by molar-refractivity contribution is 6.10. The molecule has 104 valence electrons. The van der Waals surface area contributed by atoms with Gasteiger partial charge in [-0.2, -0.15) is 5.26 Å². The predicted octanol–water partition coefficient (Wildman–Crippen LogP) is 5.20. The second-order valence-corrected chi connectivity index (χ2v) is 5.07. The molecule has 1 N–H and O–H groups in total. The standard InChI is InChI=1S/C19H12N2O/c20-12-13-6-4-9-15-16-10-5-11-17(19(16)22-18(13)15)21-14-7-2-1-3-8-14/h1-11,21H. The Labute approximate surface area is 127 Å². The fourth-order valence-corrected chi connectivity index (χ4v) is 2.68. The average Bonchev–Trinajstić information content (AvgIpc) is 2.96. The normalized spacial score (nSPS) is 10.7. The van der Waals surface area contributed by atoms with Crippen LogP contribution in [-0.2, 0) is 0 Å². The molecule has 0 radical (unpaired) electrons. The van der Waals surface area contributed by atoms with Gasteiger partial charge in [0.1, 0.15) is 6.07 Å². The van der Waals surface area contributed by atoms with Crippen LogP contribution in [0, 0.1) is 11.3 Å². The largest absolute Gasteiger partial charge is 0.452 e. The van der Waals surface area contributed by atoms with Crippen molar-refractivity contribution in [2.24, 2.45) is 0 Å². The van der Waals surface area contributed by atoms with Gasteiger partial charge in [0, 0.05) is 16.5 Å². The lowest BCUT2D eigenvalue weighted by atomic mass is 10.1. The molecule has 0 aliphatic heterocycles. The third-order valence-electron chi connectivity index (χ3n) is 3.70. The number of anilines is 2. The smallest absolute Gasteiger partial charge is 0.158 e. The quantitative estimate of drug-likeness (QED) is 0.550. The van der Waals surface area contributed by atoms with Crippen molar-refractivity contribution in [1.82, 2.24) is 0 Å². The predicted molar refractivity (Wildman–Crippen MR) is 88.2 cm³/mol. The van der Waals surface area contributed by atoms with E-state index in [1.807, 2.05) is 60.7 Å². The van der Waals surface area contributed by atoms with Crippen molar-refractivity contribution in [3.8, 4) is 6.07 Å². The van der Waals surface area contributed by atoms with Crippen LogP contribution in [0.15, 0.2) is 71.1 Å². The summed E-state index contributed by atoms with van der Waals surface area (Å²) < 4.78 is 5.99. The molecule has 0 saturated heterocycles. The van der Waals surface area contributed by atoms with Gasteiger partial charge in [0.05, 0.1) is 11.3 Å². The Bertz CT molecular complexity index is 1010. The first kappa shape index (κ1) is 12.5. The molecule has 4 rings (SSSR count). The van der Waals surface area contributed by atoms with Gasteiger partial charge in [0.15, 0.2) is 11.2 Å². The molecule has 3 heteroatoms. The average molecular weight is 284 g/mol. The molecular formula is C19H12N2O. The van der Waals surface area contributed by atoms with E-state index in [2.05, 4.69) is 11.4 Å². The van der Waals surface area contributed by atoms with Crippen molar-refractivity contribution >= 4 is 33.3 Å². The Hall–Kier alpha value is -3.25. The fraction of sp³-hybridized carbons (Fsp3) is 0. The number of nitrogens with one attached hydrogen (secondary N) is 1.